The number of carbonyl (C=O) groups is 1. The van der Waals surface area contributed by atoms with Gasteiger partial charge < -0.3 is 9.73 Å². The minimum absolute atomic E-state index is 0.0201. The highest BCUT2D eigenvalue weighted by atomic mass is 16.6. The molecule has 0 atom stereocenters. The van der Waals surface area contributed by atoms with Gasteiger partial charge in [-0.2, -0.15) is 5.10 Å². The van der Waals surface area contributed by atoms with Gasteiger partial charge in [0, 0.05) is 29.7 Å². The average Bonchev–Trinajstić information content (AvgIpc) is 3.44. The van der Waals surface area contributed by atoms with Crippen LogP contribution >= 0.6 is 0 Å². The topological polar surface area (TPSA) is 116 Å². The molecule has 1 fully saturated rings. The summed E-state index contributed by atoms with van der Waals surface area (Å²) in [5, 5.41) is 18.2. The fraction of sp³-hybridized carbons (Fsp3) is 0.174. The molecule has 1 amide bonds. The smallest absolute Gasteiger partial charge is 0.279 e. The number of nitro groups is 1. The van der Waals surface area contributed by atoms with Gasteiger partial charge in [-0.1, -0.05) is 18.2 Å². The summed E-state index contributed by atoms with van der Waals surface area (Å²) >= 11 is 0. The molecule has 9 heteroatoms. The third-order valence-electron chi connectivity index (χ3n) is 5.22. The second-order valence-electron chi connectivity index (χ2n) is 7.68. The Labute approximate surface area is 182 Å². The van der Waals surface area contributed by atoms with Crippen LogP contribution in [-0.4, -0.2) is 25.6 Å². The van der Waals surface area contributed by atoms with Crippen LogP contribution in [0.3, 0.4) is 0 Å². The van der Waals surface area contributed by atoms with Crippen molar-refractivity contribution < 1.29 is 14.1 Å². The van der Waals surface area contributed by atoms with Crippen LogP contribution in [0.25, 0.3) is 17.1 Å². The van der Waals surface area contributed by atoms with E-state index in [9.17, 15) is 14.9 Å². The Morgan fingerprint density at radius 1 is 1.16 bits per heavy atom. The van der Waals surface area contributed by atoms with Gasteiger partial charge >= 0.3 is 0 Å². The molecule has 2 heterocycles. The number of non-ortho nitro benzene ring substituents is 1. The van der Waals surface area contributed by atoms with Gasteiger partial charge in [0.2, 0.25) is 5.89 Å². The van der Waals surface area contributed by atoms with E-state index in [1.54, 1.807) is 25.1 Å². The van der Waals surface area contributed by atoms with Crippen molar-refractivity contribution in [1.82, 2.24) is 14.8 Å². The predicted octanol–water partition coefficient (Wildman–Crippen LogP) is 4.87. The number of hydrogen-bond donors (Lipinski definition) is 1. The Hall–Kier alpha value is -4.27. The SMILES string of the molecule is Cc1cc(NC(=O)c2nc(-c3ccccc3)oc2C2CC2)n(-c2ccc([N+](=O)[O-])cc2)n1. The number of aromatic nitrogens is 3. The van der Waals surface area contributed by atoms with Crippen molar-refractivity contribution in [2.45, 2.75) is 25.7 Å². The van der Waals surface area contributed by atoms with Gasteiger partial charge in [-0.25, -0.2) is 9.67 Å². The van der Waals surface area contributed by atoms with Crippen LogP contribution < -0.4 is 5.32 Å². The molecule has 0 saturated heterocycles. The lowest BCUT2D eigenvalue weighted by molar-refractivity contribution is -0.384. The first-order chi connectivity index (χ1) is 15.5. The molecule has 160 valence electrons. The van der Waals surface area contributed by atoms with Crippen molar-refractivity contribution in [3.8, 4) is 17.1 Å². The van der Waals surface area contributed by atoms with E-state index in [0.29, 0.717) is 28.9 Å². The molecule has 9 nitrogen and oxygen atoms in total. The van der Waals surface area contributed by atoms with E-state index < -0.39 is 4.92 Å². The van der Waals surface area contributed by atoms with E-state index in [0.717, 1.165) is 18.4 Å². The second kappa shape index (κ2) is 7.77. The van der Waals surface area contributed by atoms with Crippen molar-refractivity contribution in [3.63, 3.8) is 0 Å². The van der Waals surface area contributed by atoms with Crippen molar-refractivity contribution in [2.75, 3.05) is 5.32 Å². The second-order valence-corrected chi connectivity index (χ2v) is 7.68. The summed E-state index contributed by atoms with van der Waals surface area (Å²) in [6.07, 6.45) is 1.92. The molecule has 1 aliphatic carbocycles. The van der Waals surface area contributed by atoms with E-state index in [-0.39, 0.29) is 23.2 Å². The zero-order valence-electron chi connectivity index (χ0n) is 17.2. The largest absolute Gasteiger partial charge is 0.440 e. The molecule has 0 radical (unpaired) electrons. The molecule has 4 aromatic rings. The van der Waals surface area contributed by atoms with Crippen LogP contribution in [0.15, 0.2) is 65.1 Å². The fourth-order valence-electron chi connectivity index (χ4n) is 3.50. The number of nitro benzene ring substituents is 1. The van der Waals surface area contributed by atoms with Crippen molar-refractivity contribution in [1.29, 1.82) is 0 Å². The van der Waals surface area contributed by atoms with Crippen molar-refractivity contribution in [3.05, 3.63) is 87.9 Å². The van der Waals surface area contributed by atoms with Gasteiger partial charge in [0.25, 0.3) is 11.6 Å². The van der Waals surface area contributed by atoms with Gasteiger partial charge in [0.1, 0.15) is 11.6 Å². The Morgan fingerprint density at radius 3 is 2.53 bits per heavy atom. The van der Waals surface area contributed by atoms with Crippen LogP contribution in [0, 0.1) is 17.0 Å². The minimum atomic E-state index is -0.463. The molecule has 0 unspecified atom stereocenters. The first-order valence-electron chi connectivity index (χ1n) is 10.2. The molecule has 1 saturated carbocycles. The molecule has 1 aliphatic rings. The highest BCUT2D eigenvalue weighted by molar-refractivity contribution is 6.03. The lowest BCUT2D eigenvalue weighted by Gasteiger charge is -2.08. The van der Waals surface area contributed by atoms with E-state index in [4.69, 9.17) is 4.42 Å². The summed E-state index contributed by atoms with van der Waals surface area (Å²) in [7, 11) is 0. The van der Waals surface area contributed by atoms with Crippen molar-refractivity contribution >= 4 is 17.4 Å². The Balaban J connectivity index is 1.46. The summed E-state index contributed by atoms with van der Waals surface area (Å²) in [4.78, 5) is 28.1. The quantitative estimate of drug-likeness (QED) is 0.345. The Kier molecular flexibility index (Phi) is 4.78. The molecule has 0 spiro atoms. The first kappa shape index (κ1) is 19.7. The zero-order valence-corrected chi connectivity index (χ0v) is 17.2. The molecule has 1 N–H and O–H groups in total. The number of nitrogens with one attached hydrogen (secondary N) is 1. The molecule has 2 aromatic heterocycles. The normalized spacial score (nSPS) is 13.2. The number of aryl methyl sites for hydroxylation is 1. The lowest BCUT2D eigenvalue weighted by atomic mass is 10.2. The third-order valence-corrected chi connectivity index (χ3v) is 5.22. The standard InChI is InChI=1S/C23H19N5O4/c1-14-13-19(27(26-14)17-9-11-18(12-10-17)28(30)31)24-22(29)20-21(15-7-8-15)32-23(25-20)16-5-3-2-4-6-16/h2-6,9-13,15H,7-8H2,1H3,(H,24,29). The average molecular weight is 429 g/mol. The van der Waals surface area contributed by atoms with Crippen LogP contribution in [0.1, 0.15) is 40.7 Å². The van der Waals surface area contributed by atoms with E-state index >= 15 is 0 Å². The number of oxazole rings is 1. The van der Waals surface area contributed by atoms with Gasteiger partial charge in [0.15, 0.2) is 5.69 Å². The monoisotopic (exact) mass is 429 g/mol. The summed E-state index contributed by atoms with van der Waals surface area (Å²) in [5.41, 5.74) is 2.33. The summed E-state index contributed by atoms with van der Waals surface area (Å²) in [6.45, 7) is 1.80. The highest BCUT2D eigenvalue weighted by Gasteiger charge is 2.34. The molecule has 2 aromatic carbocycles. The maximum atomic E-state index is 13.2. The predicted molar refractivity (Wildman–Crippen MR) is 117 cm³/mol. The number of hydrogen-bond acceptors (Lipinski definition) is 6. The number of nitrogens with zero attached hydrogens (tertiary/aromatic N) is 4. The lowest BCUT2D eigenvalue weighted by Crippen LogP contribution is -2.17. The summed E-state index contributed by atoms with van der Waals surface area (Å²) in [6, 6.07) is 17.1. The maximum Gasteiger partial charge on any atom is 0.279 e. The highest BCUT2D eigenvalue weighted by Crippen LogP contribution is 2.43. The number of carbonyl (C=O) groups excluding carboxylic acids is 1. The van der Waals surface area contributed by atoms with Crippen LogP contribution in [0.2, 0.25) is 0 Å². The van der Waals surface area contributed by atoms with Gasteiger partial charge in [-0.05, 0) is 44.0 Å². The molecule has 0 bridgehead atoms. The molecule has 0 aliphatic heterocycles. The first-order valence-corrected chi connectivity index (χ1v) is 10.2. The third kappa shape index (κ3) is 3.76. The summed E-state index contributed by atoms with van der Waals surface area (Å²) in [5.74, 6) is 1.26. The molecular weight excluding hydrogens is 410 g/mol. The number of amides is 1. The number of rotatable bonds is 6. The van der Waals surface area contributed by atoms with E-state index in [1.807, 2.05) is 30.3 Å². The van der Waals surface area contributed by atoms with E-state index in [2.05, 4.69) is 15.4 Å². The minimum Gasteiger partial charge on any atom is -0.440 e. The van der Waals surface area contributed by atoms with Gasteiger partial charge in [-0.3, -0.25) is 14.9 Å². The number of benzene rings is 2. The fourth-order valence-corrected chi connectivity index (χ4v) is 3.50. The molecule has 32 heavy (non-hydrogen) atoms. The Morgan fingerprint density at radius 2 is 1.88 bits per heavy atom. The Bertz CT molecular complexity index is 1300. The molecular formula is C23H19N5O4. The number of anilines is 1. The van der Waals surface area contributed by atoms with Gasteiger partial charge in [0.05, 0.1) is 16.3 Å². The van der Waals surface area contributed by atoms with Crippen LogP contribution in [0.5, 0.6) is 0 Å². The van der Waals surface area contributed by atoms with Crippen LogP contribution in [-0.2, 0) is 0 Å². The molecule has 5 rings (SSSR count). The summed E-state index contributed by atoms with van der Waals surface area (Å²) < 4.78 is 7.51. The maximum absolute atomic E-state index is 13.2. The van der Waals surface area contributed by atoms with Gasteiger partial charge in [-0.15, -0.1) is 0 Å². The van der Waals surface area contributed by atoms with E-state index in [1.165, 1.54) is 16.8 Å². The van der Waals surface area contributed by atoms with Crippen molar-refractivity contribution in [2.24, 2.45) is 0 Å². The zero-order chi connectivity index (χ0) is 22.2. The van der Waals surface area contributed by atoms with Crippen LogP contribution in [0.4, 0.5) is 11.5 Å².